The highest BCUT2D eigenvalue weighted by atomic mass is 16.1. The Bertz CT molecular complexity index is 358. The molecular formula is C10H12N2O. The molecule has 0 saturated heterocycles. The predicted octanol–water partition coefficient (Wildman–Crippen LogP) is 1.70. The summed E-state index contributed by atoms with van der Waals surface area (Å²) in [7, 11) is 0. The number of carbonyl (C=O) groups excluding carboxylic acids is 1. The second-order valence-electron chi connectivity index (χ2n) is 3.62. The highest BCUT2D eigenvalue weighted by molar-refractivity contribution is 5.97. The second-order valence-corrected chi connectivity index (χ2v) is 3.62. The maximum Gasteiger partial charge on any atom is 0.230 e. The fourth-order valence-corrected chi connectivity index (χ4v) is 1.42. The Morgan fingerprint density at radius 1 is 1.46 bits per heavy atom. The molecule has 1 aromatic rings. The monoisotopic (exact) mass is 176 g/mol. The van der Waals surface area contributed by atoms with Crippen LogP contribution in [0.15, 0.2) is 12.1 Å². The molecule has 1 aliphatic rings. The van der Waals surface area contributed by atoms with Crippen LogP contribution in [-0.4, -0.2) is 10.9 Å². The van der Waals surface area contributed by atoms with Gasteiger partial charge in [-0.15, -0.1) is 0 Å². The summed E-state index contributed by atoms with van der Waals surface area (Å²) in [5.41, 5.74) is 2.04. The maximum absolute atomic E-state index is 11.0. The van der Waals surface area contributed by atoms with E-state index in [1.165, 1.54) is 0 Å². The van der Waals surface area contributed by atoms with Crippen LogP contribution in [0.25, 0.3) is 0 Å². The molecule has 0 bridgehead atoms. The van der Waals surface area contributed by atoms with Crippen molar-refractivity contribution in [2.75, 3.05) is 5.32 Å². The minimum Gasteiger partial charge on any atom is -0.310 e. The van der Waals surface area contributed by atoms with E-state index in [1.807, 2.05) is 12.1 Å². The number of fused-ring (bicyclic) bond motifs is 1. The molecule has 0 unspecified atom stereocenters. The molecule has 0 aromatic carbocycles. The van der Waals surface area contributed by atoms with Crippen LogP contribution in [0.5, 0.6) is 0 Å². The Labute approximate surface area is 77.2 Å². The van der Waals surface area contributed by atoms with Crippen molar-refractivity contribution >= 4 is 11.7 Å². The second kappa shape index (κ2) is 2.83. The molecule has 1 amide bonds. The van der Waals surface area contributed by atoms with Crippen LogP contribution in [-0.2, 0) is 11.2 Å². The van der Waals surface area contributed by atoms with E-state index in [4.69, 9.17) is 0 Å². The number of nitrogens with one attached hydrogen (secondary N) is 1. The molecule has 3 heteroatoms. The first kappa shape index (κ1) is 8.23. The lowest BCUT2D eigenvalue weighted by atomic mass is 10.1. The summed E-state index contributed by atoms with van der Waals surface area (Å²) in [6, 6.07) is 3.97. The van der Waals surface area contributed by atoms with E-state index in [2.05, 4.69) is 24.1 Å². The molecule has 0 spiro atoms. The van der Waals surface area contributed by atoms with Crippen LogP contribution in [0.4, 0.5) is 5.82 Å². The molecule has 68 valence electrons. The number of anilines is 1. The Kier molecular flexibility index (Phi) is 1.79. The van der Waals surface area contributed by atoms with Crippen LogP contribution in [0.3, 0.4) is 0 Å². The van der Waals surface area contributed by atoms with Gasteiger partial charge in [0.1, 0.15) is 5.82 Å². The number of carbonyl (C=O) groups is 1. The summed E-state index contributed by atoms with van der Waals surface area (Å²) in [6.07, 6.45) is 0.473. The Balaban J connectivity index is 2.40. The van der Waals surface area contributed by atoms with Crippen LogP contribution < -0.4 is 5.32 Å². The summed E-state index contributed by atoms with van der Waals surface area (Å²) in [5, 5.41) is 2.74. The SMILES string of the molecule is CC(C)c1ccc2c(n1)NC(=O)C2. The van der Waals surface area contributed by atoms with Crippen molar-refractivity contribution in [3.05, 3.63) is 23.4 Å². The summed E-state index contributed by atoms with van der Waals surface area (Å²) in [5.74, 6) is 1.20. The van der Waals surface area contributed by atoms with Crippen molar-refractivity contribution in [3.63, 3.8) is 0 Å². The summed E-state index contributed by atoms with van der Waals surface area (Å²) < 4.78 is 0. The molecule has 0 fully saturated rings. The molecule has 1 aromatic heterocycles. The largest absolute Gasteiger partial charge is 0.310 e. The lowest BCUT2D eigenvalue weighted by molar-refractivity contribution is -0.115. The van der Waals surface area contributed by atoms with E-state index in [0.717, 1.165) is 17.1 Å². The van der Waals surface area contributed by atoms with Gasteiger partial charge in [0.15, 0.2) is 0 Å². The van der Waals surface area contributed by atoms with E-state index in [9.17, 15) is 4.79 Å². The van der Waals surface area contributed by atoms with Gasteiger partial charge in [-0.25, -0.2) is 4.98 Å². The lowest BCUT2D eigenvalue weighted by Gasteiger charge is -2.05. The minimum atomic E-state index is 0.0448. The molecule has 0 atom stereocenters. The quantitative estimate of drug-likeness (QED) is 0.707. The van der Waals surface area contributed by atoms with E-state index in [1.54, 1.807) is 0 Å². The van der Waals surface area contributed by atoms with Gasteiger partial charge in [-0.1, -0.05) is 19.9 Å². The molecule has 0 radical (unpaired) electrons. The van der Waals surface area contributed by atoms with Crippen molar-refractivity contribution < 1.29 is 4.79 Å². The average molecular weight is 176 g/mol. The predicted molar refractivity (Wildman–Crippen MR) is 50.7 cm³/mol. The topological polar surface area (TPSA) is 42.0 Å². The van der Waals surface area contributed by atoms with Crippen molar-refractivity contribution in [3.8, 4) is 0 Å². The van der Waals surface area contributed by atoms with Crippen molar-refractivity contribution in [1.82, 2.24) is 4.98 Å². The van der Waals surface area contributed by atoms with Gasteiger partial charge < -0.3 is 5.32 Å². The number of hydrogen-bond donors (Lipinski definition) is 1. The molecule has 13 heavy (non-hydrogen) atoms. The zero-order valence-corrected chi connectivity index (χ0v) is 7.79. The van der Waals surface area contributed by atoms with Crippen molar-refractivity contribution in [1.29, 1.82) is 0 Å². The van der Waals surface area contributed by atoms with Gasteiger partial charge in [-0.05, 0) is 12.0 Å². The van der Waals surface area contributed by atoms with Crippen LogP contribution in [0.2, 0.25) is 0 Å². The van der Waals surface area contributed by atoms with Gasteiger partial charge in [-0.2, -0.15) is 0 Å². The number of aromatic nitrogens is 1. The molecular weight excluding hydrogens is 164 g/mol. The molecule has 2 rings (SSSR count). The van der Waals surface area contributed by atoms with Gasteiger partial charge in [0.25, 0.3) is 0 Å². The fourth-order valence-electron chi connectivity index (χ4n) is 1.42. The Morgan fingerprint density at radius 2 is 2.23 bits per heavy atom. The van der Waals surface area contributed by atoms with E-state index in [-0.39, 0.29) is 5.91 Å². The smallest absolute Gasteiger partial charge is 0.230 e. The van der Waals surface area contributed by atoms with Gasteiger partial charge >= 0.3 is 0 Å². The zero-order valence-electron chi connectivity index (χ0n) is 7.79. The zero-order chi connectivity index (χ0) is 9.42. The number of pyridine rings is 1. The maximum atomic E-state index is 11.0. The van der Waals surface area contributed by atoms with Gasteiger partial charge in [0.2, 0.25) is 5.91 Å². The first-order chi connectivity index (χ1) is 6.16. The van der Waals surface area contributed by atoms with Gasteiger partial charge in [0.05, 0.1) is 6.42 Å². The molecule has 0 aliphatic carbocycles. The standard InChI is InChI=1S/C10H12N2O/c1-6(2)8-4-3-7-5-9(13)12-10(7)11-8/h3-4,6H,5H2,1-2H3,(H,11,12,13). The normalized spacial score (nSPS) is 14.5. The third-order valence-electron chi connectivity index (χ3n) is 2.20. The lowest BCUT2D eigenvalue weighted by Crippen LogP contribution is -2.05. The first-order valence-electron chi connectivity index (χ1n) is 4.46. The highest BCUT2D eigenvalue weighted by Crippen LogP contribution is 2.23. The van der Waals surface area contributed by atoms with E-state index < -0.39 is 0 Å². The molecule has 1 aliphatic heterocycles. The van der Waals surface area contributed by atoms with Crippen LogP contribution in [0, 0.1) is 0 Å². The average Bonchev–Trinajstić information content (AvgIpc) is 2.42. The molecule has 2 heterocycles. The summed E-state index contributed by atoms with van der Waals surface area (Å²) in [4.78, 5) is 15.4. The third kappa shape index (κ3) is 1.41. The minimum absolute atomic E-state index is 0.0448. The van der Waals surface area contributed by atoms with E-state index in [0.29, 0.717) is 12.3 Å². The van der Waals surface area contributed by atoms with E-state index >= 15 is 0 Å². The van der Waals surface area contributed by atoms with Crippen molar-refractivity contribution in [2.24, 2.45) is 0 Å². The highest BCUT2D eigenvalue weighted by Gasteiger charge is 2.19. The third-order valence-corrected chi connectivity index (χ3v) is 2.20. The van der Waals surface area contributed by atoms with Crippen LogP contribution >= 0.6 is 0 Å². The Hall–Kier alpha value is -1.38. The fraction of sp³-hybridized carbons (Fsp3) is 0.400. The van der Waals surface area contributed by atoms with Gasteiger partial charge in [-0.3, -0.25) is 4.79 Å². The van der Waals surface area contributed by atoms with Gasteiger partial charge in [0, 0.05) is 11.3 Å². The number of nitrogens with zero attached hydrogens (tertiary/aromatic N) is 1. The number of amides is 1. The molecule has 1 N–H and O–H groups in total. The number of hydrogen-bond acceptors (Lipinski definition) is 2. The molecule has 0 saturated carbocycles. The van der Waals surface area contributed by atoms with Crippen LogP contribution in [0.1, 0.15) is 31.0 Å². The van der Waals surface area contributed by atoms with Crippen molar-refractivity contribution in [2.45, 2.75) is 26.2 Å². The molecule has 3 nitrogen and oxygen atoms in total. The summed E-state index contributed by atoms with van der Waals surface area (Å²) >= 11 is 0. The Morgan fingerprint density at radius 3 is 2.92 bits per heavy atom. The number of rotatable bonds is 1. The first-order valence-corrected chi connectivity index (χ1v) is 4.46. The summed E-state index contributed by atoms with van der Waals surface area (Å²) in [6.45, 7) is 4.18.